The average Bonchev–Trinajstić information content (AvgIpc) is 3.22. The Balaban J connectivity index is 1.89. The fraction of sp³-hybridized carbons (Fsp3) is 0.148. The highest BCUT2D eigenvalue weighted by Crippen LogP contribution is 2.50. The summed E-state index contributed by atoms with van der Waals surface area (Å²) in [5, 5.41) is 12.1. The van der Waals surface area contributed by atoms with Gasteiger partial charge in [-0.1, -0.05) is 60.7 Å². The fourth-order valence-electron chi connectivity index (χ4n) is 4.47. The van der Waals surface area contributed by atoms with Crippen LogP contribution in [-0.4, -0.2) is 29.8 Å². The summed E-state index contributed by atoms with van der Waals surface area (Å²) < 4.78 is 11.3. The Hall–Kier alpha value is -4.22. The van der Waals surface area contributed by atoms with Gasteiger partial charge in [-0.15, -0.1) is 0 Å². The van der Waals surface area contributed by atoms with Gasteiger partial charge in [-0.3, -0.25) is 4.90 Å². The van der Waals surface area contributed by atoms with Crippen LogP contribution in [0.15, 0.2) is 88.0 Å². The maximum absolute atomic E-state index is 13.6. The Morgan fingerprint density at radius 2 is 1.89 bits per heavy atom. The lowest BCUT2D eigenvalue weighted by Crippen LogP contribution is -2.39. The quantitative estimate of drug-likeness (QED) is 0.514. The van der Waals surface area contributed by atoms with E-state index >= 15 is 0 Å². The standard InChI is InChI=1S/C27H22N4O3S/c1-3-34-26(32)22-23(17-10-5-4-6-11-17)30-27-31(25(29)20(15-28)35-27)24(22)21-18-12-8-7-9-16(18)13-14-19(21)33-2/h4-14,24H,3,29H2,1-2H3/t24-/m0/s1. The fourth-order valence-corrected chi connectivity index (χ4v) is 5.34. The number of esters is 1. The first kappa shape index (κ1) is 22.6. The summed E-state index contributed by atoms with van der Waals surface area (Å²) in [6.07, 6.45) is 0. The number of ether oxygens (including phenoxy) is 2. The molecule has 0 fully saturated rings. The Bertz CT molecular complexity index is 1470. The molecule has 2 heterocycles. The number of benzene rings is 3. The van der Waals surface area contributed by atoms with Crippen molar-refractivity contribution in [2.45, 2.75) is 13.0 Å². The van der Waals surface area contributed by atoms with Gasteiger partial charge in [-0.05, 0) is 35.5 Å². The SMILES string of the molecule is CCOC(=O)C1=C(c2ccccc2)N=C2SC(C#N)=C(N)N2[C@H]1c1c(OC)ccc2ccccc12. The number of rotatable bonds is 5. The van der Waals surface area contributed by atoms with Gasteiger partial charge in [0, 0.05) is 11.1 Å². The van der Waals surface area contributed by atoms with Gasteiger partial charge < -0.3 is 15.2 Å². The van der Waals surface area contributed by atoms with Crippen LogP contribution >= 0.6 is 11.8 Å². The number of hydrogen-bond acceptors (Lipinski definition) is 8. The molecule has 0 radical (unpaired) electrons. The molecule has 0 amide bonds. The topological polar surface area (TPSA) is 101 Å². The van der Waals surface area contributed by atoms with Gasteiger partial charge in [0.05, 0.1) is 25.0 Å². The minimum absolute atomic E-state index is 0.198. The van der Waals surface area contributed by atoms with E-state index < -0.39 is 12.0 Å². The number of amidine groups is 1. The van der Waals surface area contributed by atoms with Crippen molar-refractivity contribution >= 4 is 39.4 Å². The number of nitrogens with two attached hydrogens (primary N) is 1. The van der Waals surface area contributed by atoms with Crippen molar-refractivity contribution in [1.82, 2.24) is 4.90 Å². The lowest BCUT2D eigenvalue weighted by Gasteiger charge is -2.36. The largest absolute Gasteiger partial charge is 0.496 e. The molecule has 0 saturated heterocycles. The molecule has 35 heavy (non-hydrogen) atoms. The summed E-state index contributed by atoms with van der Waals surface area (Å²) in [6, 6.07) is 22.6. The van der Waals surface area contributed by atoms with E-state index in [0.717, 1.165) is 21.9 Å². The van der Waals surface area contributed by atoms with Crippen molar-refractivity contribution < 1.29 is 14.3 Å². The van der Waals surface area contributed by atoms with Crippen molar-refractivity contribution in [1.29, 1.82) is 5.26 Å². The number of allylic oxidation sites excluding steroid dienone is 1. The smallest absolute Gasteiger partial charge is 0.338 e. The molecular formula is C27H22N4O3S. The number of nitriles is 1. The molecular weight excluding hydrogens is 460 g/mol. The molecule has 1 atom stereocenters. The minimum atomic E-state index is -0.726. The third-order valence-corrected chi connectivity index (χ3v) is 6.93. The van der Waals surface area contributed by atoms with Gasteiger partial charge in [0.1, 0.15) is 28.6 Å². The van der Waals surface area contributed by atoms with Gasteiger partial charge in [0.15, 0.2) is 5.17 Å². The lowest BCUT2D eigenvalue weighted by atomic mass is 9.88. The number of methoxy groups -OCH3 is 1. The first-order chi connectivity index (χ1) is 17.1. The molecule has 0 spiro atoms. The molecule has 174 valence electrons. The molecule has 0 aliphatic carbocycles. The molecule has 2 N–H and O–H groups in total. The van der Waals surface area contributed by atoms with Crippen LogP contribution in [0.3, 0.4) is 0 Å². The monoisotopic (exact) mass is 482 g/mol. The Morgan fingerprint density at radius 3 is 2.60 bits per heavy atom. The third-order valence-electron chi connectivity index (χ3n) is 5.95. The number of aliphatic imine (C=N–C) groups is 1. The van der Waals surface area contributed by atoms with Crippen molar-refractivity contribution in [2.24, 2.45) is 10.7 Å². The predicted octanol–water partition coefficient (Wildman–Crippen LogP) is 4.93. The van der Waals surface area contributed by atoms with E-state index in [0.29, 0.717) is 27.1 Å². The summed E-state index contributed by atoms with van der Waals surface area (Å²) in [7, 11) is 1.59. The van der Waals surface area contributed by atoms with Crippen LogP contribution in [0.4, 0.5) is 0 Å². The highest BCUT2D eigenvalue weighted by molar-refractivity contribution is 8.17. The summed E-state index contributed by atoms with van der Waals surface area (Å²) in [5.41, 5.74) is 8.82. The highest BCUT2D eigenvalue weighted by atomic mass is 32.2. The maximum Gasteiger partial charge on any atom is 0.338 e. The number of fused-ring (bicyclic) bond motifs is 2. The number of hydrogen-bond donors (Lipinski definition) is 1. The van der Waals surface area contributed by atoms with E-state index in [2.05, 4.69) is 6.07 Å². The van der Waals surface area contributed by atoms with Crippen LogP contribution in [0.5, 0.6) is 5.75 Å². The van der Waals surface area contributed by atoms with Crippen LogP contribution in [0.25, 0.3) is 16.5 Å². The Kier molecular flexibility index (Phi) is 5.93. The average molecular weight is 483 g/mol. The van der Waals surface area contributed by atoms with E-state index in [9.17, 15) is 10.1 Å². The van der Waals surface area contributed by atoms with E-state index in [1.165, 1.54) is 11.8 Å². The van der Waals surface area contributed by atoms with Crippen molar-refractivity contribution in [3.05, 3.63) is 94.2 Å². The summed E-state index contributed by atoms with van der Waals surface area (Å²) in [5.74, 6) is 0.329. The third kappa shape index (κ3) is 3.70. The second-order valence-electron chi connectivity index (χ2n) is 7.85. The van der Waals surface area contributed by atoms with Gasteiger partial charge >= 0.3 is 5.97 Å². The second kappa shape index (κ2) is 9.20. The molecule has 3 aromatic carbocycles. The van der Waals surface area contributed by atoms with E-state index in [1.807, 2.05) is 66.7 Å². The Morgan fingerprint density at radius 1 is 1.14 bits per heavy atom. The molecule has 3 aromatic rings. The molecule has 0 saturated carbocycles. The highest BCUT2D eigenvalue weighted by Gasteiger charge is 2.45. The molecule has 7 nitrogen and oxygen atoms in total. The van der Waals surface area contributed by atoms with E-state index in [4.69, 9.17) is 20.2 Å². The number of carbonyl (C=O) groups is 1. The molecule has 5 rings (SSSR count). The summed E-state index contributed by atoms with van der Waals surface area (Å²) >= 11 is 1.19. The van der Waals surface area contributed by atoms with Crippen molar-refractivity contribution in [3.63, 3.8) is 0 Å². The van der Waals surface area contributed by atoms with Gasteiger partial charge in [0.2, 0.25) is 0 Å². The normalized spacial score (nSPS) is 17.2. The minimum Gasteiger partial charge on any atom is -0.496 e. The maximum atomic E-state index is 13.6. The van der Waals surface area contributed by atoms with Gasteiger partial charge in [-0.2, -0.15) is 5.26 Å². The molecule has 2 aliphatic rings. The molecule has 0 bridgehead atoms. The van der Waals surface area contributed by atoms with Crippen molar-refractivity contribution in [2.75, 3.05) is 13.7 Å². The first-order valence-electron chi connectivity index (χ1n) is 11.1. The van der Waals surface area contributed by atoms with Crippen molar-refractivity contribution in [3.8, 4) is 11.8 Å². The lowest BCUT2D eigenvalue weighted by molar-refractivity contribution is -0.139. The zero-order chi connectivity index (χ0) is 24.5. The van der Waals surface area contributed by atoms with Crippen LogP contribution in [0, 0.1) is 11.3 Å². The van der Waals surface area contributed by atoms with Crippen LogP contribution in [-0.2, 0) is 9.53 Å². The number of thioether (sulfide) groups is 1. The Labute approximate surface area is 207 Å². The zero-order valence-corrected chi connectivity index (χ0v) is 20.0. The van der Waals surface area contributed by atoms with Crippen LogP contribution in [0.2, 0.25) is 0 Å². The summed E-state index contributed by atoms with van der Waals surface area (Å²) in [6.45, 7) is 1.96. The predicted molar refractivity (Wildman–Crippen MR) is 137 cm³/mol. The molecule has 0 aromatic heterocycles. The van der Waals surface area contributed by atoms with E-state index in [1.54, 1.807) is 18.9 Å². The van der Waals surface area contributed by atoms with Gasteiger partial charge in [0.25, 0.3) is 0 Å². The number of carbonyl (C=O) groups excluding carboxylic acids is 1. The second-order valence-corrected chi connectivity index (χ2v) is 8.82. The molecule has 0 unspecified atom stereocenters. The summed E-state index contributed by atoms with van der Waals surface area (Å²) in [4.78, 5) is 20.5. The van der Waals surface area contributed by atoms with E-state index in [-0.39, 0.29) is 12.4 Å². The first-order valence-corrected chi connectivity index (χ1v) is 11.9. The van der Waals surface area contributed by atoms with Crippen LogP contribution in [0.1, 0.15) is 24.1 Å². The number of nitrogens with zero attached hydrogens (tertiary/aromatic N) is 3. The zero-order valence-electron chi connectivity index (χ0n) is 19.2. The van der Waals surface area contributed by atoms with Crippen LogP contribution < -0.4 is 10.5 Å². The molecule has 2 aliphatic heterocycles. The molecule has 8 heteroatoms. The van der Waals surface area contributed by atoms with Gasteiger partial charge in [-0.25, -0.2) is 9.79 Å².